The van der Waals surface area contributed by atoms with Gasteiger partial charge in [-0.25, -0.2) is 5.01 Å². The number of fused-ring (bicyclic) bond motifs is 1. The second kappa shape index (κ2) is 5.79. The first kappa shape index (κ1) is 13.4. The van der Waals surface area contributed by atoms with Crippen molar-refractivity contribution in [2.24, 2.45) is 0 Å². The fourth-order valence-corrected chi connectivity index (χ4v) is 3.01. The minimum Gasteiger partial charge on any atom is -0.488 e. The Balaban J connectivity index is 1.48. The maximum atomic E-state index is 5.95. The number of rotatable bonds is 3. The lowest BCUT2D eigenvalue weighted by molar-refractivity contribution is 0.0858. The zero-order chi connectivity index (χ0) is 13.2. The molecule has 1 N–H and O–H groups in total. The zero-order valence-corrected chi connectivity index (χ0v) is 12.8. The van der Waals surface area contributed by atoms with Gasteiger partial charge in [0.15, 0.2) is 0 Å². The first-order chi connectivity index (χ1) is 9.20. The van der Waals surface area contributed by atoms with Gasteiger partial charge >= 0.3 is 0 Å². The molecule has 19 heavy (non-hydrogen) atoms. The van der Waals surface area contributed by atoms with E-state index in [9.17, 15) is 0 Å². The number of piperazine rings is 1. The highest BCUT2D eigenvalue weighted by Crippen LogP contribution is 2.30. The lowest BCUT2D eigenvalue weighted by Gasteiger charge is -2.33. The van der Waals surface area contributed by atoms with Crippen LogP contribution in [-0.2, 0) is 6.42 Å². The monoisotopic (exact) mass is 325 g/mol. The van der Waals surface area contributed by atoms with Crippen LogP contribution in [0.2, 0.25) is 0 Å². The summed E-state index contributed by atoms with van der Waals surface area (Å²) in [7, 11) is 2.17. The molecule has 1 aromatic carbocycles. The number of hydrogen-bond acceptors (Lipinski definition) is 4. The molecule has 0 aliphatic carbocycles. The molecule has 0 aromatic heterocycles. The van der Waals surface area contributed by atoms with Crippen molar-refractivity contribution < 1.29 is 4.74 Å². The molecule has 104 valence electrons. The van der Waals surface area contributed by atoms with Gasteiger partial charge in [0.1, 0.15) is 11.9 Å². The van der Waals surface area contributed by atoms with Gasteiger partial charge in [0.2, 0.25) is 0 Å². The van der Waals surface area contributed by atoms with E-state index in [-0.39, 0.29) is 6.10 Å². The van der Waals surface area contributed by atoms with Gasteiger partial charge in [-0.15, -0.1) is 0 Å². The number of nitrogens with zero attached hydrogens (tertiary/aromatic N) is 2. The predicted molar refractivity (Wildman–Crippen MR) is 79.3 cm³/mol. The lowest BCUT2D eigenvalue weighted by Crippen LogP contribution is -2.52. The van der Waals surface area contributed by atoms with Gasteiger partial charge in [-0.1, -0.05) is 15.9 Å². The third-order valence-electron chi connectivity index (χ3n) is 3.81. The first-order valence-electron chi connectivity index (χ1n) is 6.83. The Morgan fingerprint density at radius 2 is 2.11 bits per heavy atom. The Bertz CT molecular complexity index is 446. The van der Waals surface area contributed by atoms with E-state index in [4.69, 9.17) is 4.74 Å². The summed E-state index contributed by atoms with van der Waals surface area (Å²) in [4.78, 5) is 2.36. The molecule has 2 heterocycles. The molecule has 0 saturated carbocycles. The summed E-state index contributed by atoms with van der Waals surface area (Å²) in [5.41, 5.74) is 4.81. The Labute approximate surface area is 122 Å². The summed E-state index contributed by atoms with van der Waals surface area (Å²) in [6, 6.07) is 6.25. The molecule has 5 heteroatoms. The van der Waals surface area contributed by atoms with E-state index in [0.29, 0.717) is 0 Å². The molecule has 0 spiro atoms. The Morgan fingerprint density at radius 3 is 2.89 bits per heavy atom. The molecular weight excluding hydrogens is 306 g/mol. The molecule has 0 bridgehead atoms. The van der Waals surface area contributed by atoms with Crippen LogP contribution >= 0.6 is 15.9 Å². The van der Waals surface area contributed by atoms with Crippen molar-refractivity contribution in [3.63, 3.8) is 0 Å². The molecule has 2 aliphatic heterocycles. The van der Waals surface area contributed by atoms with E-state index >= 15 is 0 Å². The van der Waals surface area contributed by atoms with Crippen molar-refractivity contribution in [1.29, 1.82) is 0 Å². The zero-order valence-electron chi connectivity index (χ0n) is 11.2. The van der Waals surface area contributed by atoms with Crippen LogP contribution in [0.4, 0.5) is 0 Å². The van der Waals surface area contributed by atoms with Crippen LogP contribution in [0, 0.1) is 0 Å². The summed E-state index contributed by atoms with van der Waals surface area (Å²) >= 11 is 3.51. The lowest BCUT2D eigenvalue weighted by atomic mass is 10.1. The molecule has 1 atom stereocenters. The second-order valence-electron chi connectivity index (χ2n) is 5.35. The normalized spacial score (nSPS) is 24.2. The molecule has 1 saturated heterocycles. The van der Waals surface area contributed by atoms with E-state index in [1.165, 1.54) is 5.56 Å². The summed E-state index contributed by atoms with van der Waals surface area (Å²) in [5, 5.41) is 2.31. The highest BCUT2D eigenvalue weighted by molar-refractivity contribution is 9.10. The fourth-order valence-electron chi connectivity index (χ4n) is 2.60. The van der Waals surface area contributed by atoms with Gasteiger partial charge < -0.3 is 9.64 Å². The van der Waals surface area contributed by atoms with E-state index in [0.717, 1.165) is 49.4 Å². The van der Waals surface area contributed by atoms with Crippen LogP contribution < -0.4 is 10.2 Å². The highest BCUT2D eigenvalue weighted by Gasteiger charge is 2.23. The number of nitrogens with one attached hydrogen (secondary N) is 1. The van der Waals surface area contributed by atoms with Crippen molar-refractivity contribution in [2.75, 3.05) is 39.8 Å². The molecule has 4 nitrogen and oxygen atoms in total. The highest BCUT2D eigenvalue weighted by atomic mass is 79.9. The second-order valence-corrected chi connectivity index (χ2v) is 6.26. The maximum absolute atomic E-state index is 5.95. The molecular formula is C14H20BrN3O. The van der Waals surface area contributed by atoms with Gasteiger partial charge in [-0.2, -0.15) is 0 Å². The number of halogens is 1. The standard InChI is InChI=1S/C14H20BrN3O/c1-17-4-6-18(7-5-17)16-10-13-9-11-8-12(15)2-3-14(11)19-13/h2-3,8,13,16H,4-7,9-10H2,1H3. The first-order valence-corrected chi connectivity index (χ1v) is 7.62. The van der Waals surface area contributed by atoms with Crippen LogP contribution in [0.5, 0.6) is 5.75 Å². The van der Waals surface area contributed by atoms with Crippen LogP contribution in [0.3, 0.4) is 0 Å². The Hall–Kier alpha value is -0.620. The van der Waals surface area contributed by atoms with Gasteiger partial charge in [0.05, 0.1) is 0 Å². The van der Waals surface area contributed by atoms with Crippen molar-refractivity contribution in [3.05, 3.63) is 28.2 Å². The topological polar surface area (TPSA) is 27.7 Å². The van der Waals surface area contributed by atoms with Crippen molar-refractivity contribution in [3.8, 4) is 5.75 Å². The minimum absolute atomic E-state index is 0.254. The number of ether oxygens (including phenoxy) is 1. The van der Waals surface area contributed by atoms with E-state index in [2.05, 4.69) is 50.4 Å². The molecule has 2 aliphatic rings. The summed E-state index contributed by atoms with van der Waals surface area (Å²) in [6.07, 6.45) is 1.25. The molecule has 1 aromatic rings. The molecule has 1 fully saturated rings. The maximum Gasteiger partial charge on any atom is 0.123 e. The van der Waals surface area contributed by atoms with Crippen LogP contribution in [0.15, 0.2) is 22.7 Å². The smallest absolute Gasteiger partial charge is 0.123 e. The SMILES string of the molecule is CN1CCN(NCC2Cc3cc(Br)ccc3O2)CC1. The average Bonchev–Trinajstić information content (AvgIpc) is 2.80. The van der Waals surface area contributed by atoms with Gasteiger partial charge in [-0.3, -0.25) is 5.43 Å². The van der Waals surface area contributed by atoms with Gasteiger partial charge in [-0.05, 0) is 30.8 Å². The third-order valence-corrected chi connectivity index (χ3v) is 4.30. The van der Waals surface area contributed by atoms with E-state index in [1.807, 2.05) is 6.07 Å². The van der Waals surface area contributed by atoms with Gasteiger partial charge in [0.25, 0.3) is 0 Å². The molecule has 0 amide bonds. The van der Waals surface area contributed by atoms with Gasteiger partial charge in [0, 0.05) is 43.6 Å². The summed E-state index contributed by atoms with van der Waals surface area (Å²) in [5.74, 6) is 1.04. The quantitative estimate of drug-likeness (QED) is 0.911. The summed E-state index contributed by atoms with van der Waals surface area (Å²) in [6.45, 7) is 5.32. The Morgan fingerprint density at radius 1 is 1.32 bits per heavy atom. The number of hydrazine groups is 1. The average molecular weight is 326 g/mol. The van der Waals surface area contributed by atoms with Crippen molar-refractivity contribution in [1.82, 2.24) is 15.3 Å². The minimum atomic E-state index is 0.254. The number of likely N-dealkylation sites (N-methyl/N-ethyl adjacent to an activating group) is 1. The molecule has 3 rings (SSSR count). The molecule has 1 unspecified atom stereocenters. The third kappa shape index (κ3) is 3.28. The van der Waals surface area contributed by atoms with Crippen LogP contribution in [0.1, 0.15) is 5.56 Å². The predicted octanol–water partition coefficient (Wildman–Crippen LogP) is 1.50. The van der Waals surface area contributed by atoms with Crippen molar-refractivity contribution in [2.45, 2.75) is 12.5 Å². The van der Waals surface area contributed by atoms with E-state index < -0.39 is 0 Å². The van der Waals surface area contributed by atoms with E-state index in [1.54, 1.807) is 0 Å². The molecule has 0 radical (unpaired) electrons. The summed E-state index contributed by atoms with van der Waals surface area (Å²) < 4.78 is 7.08. The largest absolute Gasteiger partial charge is 0.488 e. The fraction of sp³-hybridized carbons (Fsp3) is 0.571. The van der Waals surface area contributed by atoms with Crippen LogP contribution in [0.25, 0.3) is 0 Å². The Kier molecular flexibility index (Phi) is 4.07. The number of benzene rings is 1. The van der Waals surface area contributed by atoms with Crippen molar-refractivity contribution >= 4 is 15.9 Å². The van der Waals surface area contributed by atoms with Crippen LogP contribution in [-0.4, -0.2) is 55.8 Å². The number of hydrogen-bond donors (Lipinski definition) is 1.